The summed E-state index contributed by atoms with van der Waals surface area (Å²) in [5, 5.41) is 9.66. The topological polar surface area (TPSA) is 51.5 Å². The Morgan fingerprint density at radius 1 is 1.50 bits per heavy atom. The second-order valence-corrected chi connectivity index (χ2v) is 4.23. The van der Waals surface area contributed by atoms with Gasteiger partial charge in [0.1, 0.15) is 0 Å². The maximum Gasteiger partial charge on any atom is 0.250 e. The van der Waals surface area contributed by atoms with E-state index in [1.165, 1.54) is 4.57 Å². The van der Waals surface area contributed by atoms with Crippen molar-refractivity contribution in [3.63, 3.8) is 0 Å². The standard InChI is InChI=1S/C12H19NO3/c1-9(2)16-8-11(14)7-13-5-4-10(3)6-12(13)15/h4-6,9,11,14H,7-8H2,1-3H3. The first-order valence-electron chi connectivity index (χ1n) is 5.46. The van der Waals surface area contributed by atoms with Gasteiger partial charge in [-0.05, 0) is 32.4 Å². The van der Waals surface area contributed by atoms with E-state index in [-0.39, 0.29) is 24.8 Å². The summed E-state index contributed by atoms with van der Waals surface area (Å²) in [5.41, 5.74) is 0.831. The molecular formula is C12H19NO3. The molecule has 0 bridgehead atoms. The lowest BCUT2D eigenvalue weighted by atomic mass is 10.3. The van der Waals surface area contributed by atoms with Crippen molar-refractivity contribution in [3.8, 4) is 0 Å². The van der Waals surface area contributed by atoms with E-state index in [1.807, 2.05) is 26.8 Å². The highest BCUT2D eigenvalue weighted by atomic mass is 16.5. The van der Waals surface area contributed by atoms with Crippen LogP contribution >= 0.6 is 0 Å². The molecule has 0 saturated carbocycles. The number of aryl methyl sites for hydroxylation is 1. The van der Waals surface area contributed by atoms with Gasteiger partial charge < -0.3 is 14.4 Å². The fourth-order valence-corrected chi connectivity index (χ4v) is 1.34. The molecule has 0 aliphatic carbocycles. The summed E-state index contributed by atoms with van der Waals surface area (Å²) in [4.78, 5) is 11.5. The Morgan fingerprint density at radius 2 is 2.19 bits per heavy atom. The van der Waals surface area contributed by atoms with Crippen molar-refractivity contribution in [2.75, 3.05) is 6.61 Å². The predicted octanol–water partition coefficient (Wildman–Crippen LogP) is 0.943. The third-order valence-electron chi connectivity index (χ3n) is 2.18. The lowest BCUT2D eigenvalue weighted by molar-refractivity contribution is -0.00107. The van der Waals surface area contributed by atoms with Gasteiger partial charge in [-0.3, -0.25) is 4.79 Å². The average molecular weight is 225 g/mol. The van der Waals surface area contributed by atoms with Crippen LogP contribution in [-0.2, 0) is 11.3 Å². The molecule has 1 heterocycles. The SMILES string of the molecule is Cc1ccn(CC(O)COC(C)C)c(=O)c1. The van der Waals surface area contributed by atoms with Crippen LogP contribution in [0.25, 0.3) is 0 Å². The fourth-order valence-electron chi connectivity index (χ4n) is 1.34. The quantitative estimate of drug-likeness (QED) is 0.811. The number of aliphatic hydroxyl groups is 1. The van der Waals surface area contributed by atoms with Gasteiger partial charge in [0.2, 0.25) is 0 Å². The van der Waals surface area contributed by atoms with E-state index >= 15 is 0 Å². The largest absolute Gasteiger partial charge is 0.389 e. The van der Waals surface area contributed by atoms with E-state index in [1.54, 1.807) is 12.3 Å². The highest BCUT2D eigenvalue weighted by Crippen LogP contribution is 1.96. The van der Waals surface area contributed by atoms with Crippen LogP contribution in [0.4, 0.5) is 0 Å². The zero-order valence-corrected chi connectivity index (χ0v) is 10.0. The van der Waals surface area contributed by atoms with Gasteiger partial charge in [0.05, 0.1) is 25.4 Å². The van der Waals surface area contributed by atoms with Crippen LogP contribution in [0, 0.1) is 6.92 Å². The first-order valence-corrected chi connectivity index (χ1v) is 5.46. The second-order valence-electron chi connectivity index (χ2n) is 4.23. The number of hydrogen-bond donors (Lipinski definition) is 1. The summed E-state index contributed by atoms with van der Waals surface area (Å²) >= 11 is 0. The fraction of sp³-hybridized carbons (Fsp3) is 0.583. The number of pyridine rings is 1. The molecule has 0 aromatic carbocycles. The molecular weight excluding hydrogens is 206 g/mol. The predicted molar refractivity (Wildman–Crippen MR) is 62.5 cm³/mol. The van der Waals surface area contributed by atoms with Gasteiger partial charge in [-0.25, -0.2) is 0 Å². The van der Waals surface area contributed by atoms with Crippen molar-refractivity contribution in [1.29, 1.82) is 0 Å². The first-order chi connectivity index (χ1) is 7.49. The Kier molecular flexibility index (Phi) is 4.71. The molecule has 1 rings (SSSR count). The van der Waals surface area contributed by atoms with Gasteiger partial charge >= 0.3 is 0 Å². The summed E-state index contributed by atoms with van der Waals surface area (Å²) in [6.45, 7) is 6.20. The van der Waals surface area contributed by atoms with Crippen LogP contribution in [0.15, 0.2) is 23.1 Å². The summed E-state index contributed by atoms with van der Waals surface area (Å²) in [7, 11) is 0. The molecule has 0 aliphatic heterocycles. The lowest BCUT2D eigenvalue weighted by Gasteiger charge is -2.14. The van der Waals surface area contributed by atoms with Crippen molar-refractivity contribution in [3.05, 3.63) is 34.2 Å². The molecule has 0 saturated heterocycles. The van der Waals surface area contributed by atoms with E-state index in [9.17, 15) is 9.90 Å². The maximum absolute atomic E-state index is 11.5. The summed E-state index contributed by atoms with van der Waals surface area (Å²) in [6.07, 6.45) is 1.13. The van der Waals surface area contributed by atoms with Crippen LogP contribution in [-0.4, -0.2) is 28.5 Å². The second kappa shape index (κ2) is 5.82. The van der Waals surface area contributed by atoms with Gasteiger partial charge in [-0.15, -0.1) is 0 Å². The summed E-state index contributed by atoms with van der Waals surface area (Å²) < 4.78 is 6.76. The highest BCUT2D eigenvalue weighted by Gasteiger charge is 2.07. The number of rotatable bonds is 5. The molecule has 4 nitrogen and oxygen atoms in total. The van der Waals surface area contributed by atoms with Crippen LogP contribution in [0.1, 0.15) is 19.4 Å². The van der Waals surface area contributed by atoms with Crippen LogP contribution in [0.3, 0.4) is 0 Å². The zero-order chi connectivity index (χ0) is 12.1. The highest BCUT2D eigenvalue weighted by molar-refractivity contribution is 5.08. The third-order valence-corrected chi connectivity index (χ3v) is 2.18. The number of nitrogens with zero attached hydrogens (tertiary/aromatic N) is 1. The van der Waals surface area contributed by atoms with Crippen molar-refractivity contribution in [2.24, 2.45) is 0 Å². The van der Waals surface area contributed by atoms with Gasteiger partial charge in [-0.1, -0.05) is 0 Å². The molecule has 0 amide bonds. The van der Waals surface area contributed by atoms with Gasteiger partial charge in [0.25, 0.3) is 5.56 Å². The van der Waals surface area contributed by atoms with E-state index in [2.05, 4.69) is 0 Å². The minimum absolute atomic E-state index is 0.0874. The molecule has 1 N–H and O–H groups in total. The number of aromatic nitrogens is 1. The van der Waals surface area contributed by atoms with E-state index in [0.29, 0.717) is 0 Å². The minimum atomic E-state index is -0.650. The first kappa shape index (κ1) is 12.9. The Morgan fingerprint density at radius 3 is 2.75 bits per heavy atom. The Labute approximate surface area is 95.5 Å². The molecule has 0 radical (unpaired) electrons. The van der Waals surface area contributed by atoms with E-state index in [4.69, 9.17) is 4.74 Å². The van der Waals surface area contributed by atoms with Crippen molar-refractivity contribution >= 4 is 0 Å². The number of hydrogen-bond acceptors (Lipinski definition) is 3. The molecule has 0 spiro atoms. The van der Waals surface area contributed by atoms with E-state index in [0.717, 1.165) is 5.56 Å². The Balaban J connectivity index is 2.56. The van der Waals surface area contributed by atoms with Crippen molar-refractivity contribution in [2.45, 2.75) is 39.5 Å². The minimum Gasteiger partial charge on any atom is -0.389 e. The lowest BCUT2D eigenvalue weighted by Crippen LogP contribution is -2.29. The Hall–Kier alpha value is -1.13. The molecule has 90 valence electrons. The van der Waals surface area contributed by atoms with Gasteiger partial charge in [0, 0.05) is 12.3 Å². The van der Waals surface area contributed by atoms with Crippen molar-refractivity contribution < 1.29 is 9.84 Å². The third kappa shape index (κ3) is 4.16. The monoisotopic (exact) mass is 225 g/mol. The van der Waals surface area contributed by atoms with Crippen LogP contribution in [0.2, 0.25) is 0 Å². The van der Waals surface area contributed by atoms with Gasteiger partial charge in [0.15, 0.2) is 0 Å². The maximum atomic E-state index is 11.5. The molecule has 16 heavy (non-hydrogen) atoms. The normalized spacial score (nSPS) is 13.1. The molecule has 4 heteroatoms. The molecule has 0 aliphatic rings. The Bertz CT molecular complexity index is 384. The summed E-state index contributed by atoms with van der Waals surface area (Å²) in [5.74, 6) is 0. The molecule has 1 atom stereocenters. The van der Waals surface area contributed by atoms with Crippen LogP contribution < -0.4 is 5.56 Å². The van der Waals surface area contributed by atoms with Crippen LogP contribution in [0.5, 0.6) is 0 Å². The smallest absolute Gasteiger partial charge is 0.250 e. The number of ether oxygens (including phenoxy) is 1. The molecule has 1 aromatic heterocycles. The summed E-state index contributed by atoms with van der Waals surface area (Å²) in [6, 6.07) is 3.40. The van der Waals surface area contributed by atoms with Gasteiger partial charge in [-0.2, -0.15) is 0 Å². The molecule has 1 unspecified atom stereocenters. The molecule has 0 fully saturated rings. The average Bonchev–Trinajstić information content (AvgIpc) is 2.19. The van der Waals surface area contributed by atoms with E-state index < -0.39 is 6.10 Å². The zero-order valence-electron chi connectivity index (χ0n) is 10.0. The van der Waals surface area contributed by atoms with Crippen molar-refractivity contribution in [1.82, 2.24) is 4.57 Å². The molecule has 1 aromatic rings. The number of aliphatic hydroxyl groups excluding tert-OH is 1.